The van der Waals surface area contributed by atoms with Gasteiger partial charge in [0.25, 0.3) is 5.69 Å². The number of carboxylic acid groups (broad SMARTS) is 1. The average Bonchev–Trinajstić information content (AvgIpc) is 2.71. The zero-order valence-electron chi connectivity index (χ0n) is 14.6. The van der Waals surface area contributed by atoms with Crippen molar-refractivity contribution in [2.24, 2.45) is 4.99 Å². The molecule has 6 heteroatoms. The van der Waals surface area contributed by atoms with Gasteiger partial charge in [0.15, 0.2) is 0 Å². The van der Waals surface area contributed by atoms with Crippen LogP contribution in [0.5, 0.6) is 0 Å². The SMILES string of the molecule is O=C(O)c1cccc2ccc3cccc(C=Nc4cccc([N+](=O)[O-])c4)c3c12. The van der Waals surface area contributed by atoms with Crippen LogP contribution in [0.2, 0.25) is 0 Å². The van der Waals surface area contributed by atoms with Crippen molar-refractivity contribution in [2.75, 3.05) is 0 Å². The van der Waals surface area contributed by atoms with Gasteiger partial charge in [0.05, 0.1) is 16.2 Å². The number of aliphatic imine (C=N–C) groups is 1. The summed E-state index contributed by atoms with van der Waals surface area (Å²) in [5.74, 6) is -0.997. The first kappa shape index (κ1) is 17.4. The Bertz CT molecular complexity index is 1280. The predicted octanol–water partition coefficient (Wildman–Crippen LogP) is 5.35. The molecule has 0 fully saturated rings. The molecular formula is C22H14N2O4. The van der Waals surface area contributed by atoms with Gasteiger partial charge in [-0.2, -0.15) is 0 Å². The Morgan fingerprint density at radius 1 is 0.929 bits per heavy atom. The number of carbonyl (C=O) groups is 1. The van der Waals surface area contributed by atoms with Crippen molar-refractivity contribution in [1.29, 1.82) is 0 Å². The second kappa shape index (κ2) is 6.92. The Labute approximate surface area is 159 Å². The number of aromatic carboxylic acids is 1. The minimum Gasteiger partial charge on any atom is -0.478 e. The third-order valence-electron chi connectivity index (χ3n) is 4.54. The van der Waals surface area contributed by atoms with Gasteiger partial charge in [-0.1, -0.05) is 48.5 Å². The van der Waals surface area contributed by atoms with E-state index in [1.54, 1.807) is 30.5 Å². The molecule has 0 bridgehead atoms. The fourth-order valence-corrected chi connectivity index (χ4v) is 3.30. The van der Waals surface area contributed by atoms with Crippen molar-refractivity contribution in [3.8, 4) is 0 Å². The summed E-state index contributed by atoms with van der Waals surface area (Å²) in [5.41, 5.74) is 1.37. The molecule has 0 spiro atoms. The second-order valence-corrected chi connectivity index (χ2v) is 6.25. The quantitative estimate of drug-likeness (QED) is 0.227. The van der Waals surface area contributed by atoms with Gasteiger partial charge in [-0.05, 0) is 28.3 Å². The fourth-order valence-electron chi connectivity index (χ4n) is 3.30. The highest BCUT2D eigenvalue weighted by Gasteiger charge is 2.13. The monoisotopic (exact) mass is 370 g/mol. The first-order valence-electron chi connectivity index (χ1n) is 8.51. The lowest BCUT2D eigenvalue weighted by atomic mass is 9.94. The molecule has 0 amide bonds. The number of carboxylic acids is 1. The summed E-state index contributed by atoms with van der Waals surface area (Å²) < 4.78 is 0. The third-order valence-corrected chi connectivity index (χ3v) is 4.54. The van der Waals surface area contributed by atoms with Crippen LogP contribution >= 0.6 is 0 Å². The van der Waals surface area contributed by atoms with Gasteiger partial charge in [0, 0.05) is 29.3 Å². The smallest absolute Gasteiger partial charge is 0.336 e. The van der Waals surface area contributed by atoms with Crippen LogP contribution in [0.3, 0.4) is 0 Å². The lowest BCUT2D eigenvalue weighted by Gasteiger charge is -2.09. The zero-order chi connectivity index (χ0) is 19.7. The normalized spacial score (nSPS) is 11.3. The molecule has 4 aromatic rings. The molecule has 0 aliphatic carbocycles. The van der Waals surface area contributed by atoms with E-state index in [1.807, 2.05) is 36.4 Å². The largest absolute Gasteiger partial charge is 0.478 e. The molecule has 136 valence electrons. The maximum absolute atomic E-state index is 11.8. The third kappa shape index (κ3) is 3.07. The molecule has 28 heavy (non-hydrogen) atoms. The summed E-state index contributed by atoms with van der Waals surface area (Å²) in [6.45, 7) is 0. The van der Waals surface area contributed by atoms with Crippen molar-refractivity contribution in [3.63, 3.8) is 0 Å². The highest BCUT2D eigenvalue weighted by atomic mass is 16.6. The number of nitro benzene ring substituents is 1. The predicted molar refractivity (Wildman–Crippen MR) is 109 cm³/mol. The molecular weight excluding hydrogens is 356 g/mol. The summed E-state index contributed by atoms with van der Waals surface area (Å²) in [6, 6.07) is 20.7. The zero-order valence-corrected chi connectivity index (χ0v) is 14.6. The fraction of sp³-hybridized carbons (Fsp3) is 0. The van der Waals surface area contributed by atoms with E-state index in [0.717, 1.165) is 21.7 Å². The highest BCUT2D eigenvalue weighted by molar-refractivity contribution is 6.20. The molecule has 4 rings (SSSR count). The van der Waals surface area contributed by atoms with Crippen LogP contribution in [-0.4, -0.2) is 22.2 Å². The molecule has 0 saturated carbocycles. The Morgan fingerprint density at radius 3 is 2.32 bits per heavy atom. The lowest BCUT2D eigenvalue weighted by molar-refractivity contribution is -0.384. The first-order chi connectivity index (χ1) is 13.5. The van der Waals surface area contributed by atoms with Gasteiger partial charge in [-0.25, -0.2) is 4.79 Å². The maximum Gasteiger partial charge on any atom is 0.336 e. The van der Waals surface area contributed by atoms with Crippen molar-refractivity contribution < 1.29 is 14.8 Å². The molecule has 0 aliphatic rings. The van der Waals surface area contributed by atoms with Crippen LogP contribution in [-0.2, 0) is 0 Å². The Morgan fingerprint density at radius 2 is 1.61 bits per heavy atom. The number of benzene rings is 4. The maximum atomic E-state index is 11.8. The molecule has 4 aromatic carbocycles. The molecule has 1 N–H and O–H groups in total. The van der Waals surface area contributed by atoms with E-state index < -0.39 is 10.9 Å². The van der Waals surface area contributed by atoms with E-state index in [1.165, 1.54) is 12.1 Å². The number of nitro groups is 1. The van der Waals surface area contributed by atoms with E-state index in [4.69, 9.17) is 0 Å². The number of rotatable bonds is 4. The summed E-state index contributed by atoms with van der Waals surface area (Å²) >= 11 is 0. The minimum absolute atomic E-state index is 0.0359. The number of non-ortho nitro benzene ring substituents is 1. The minimum atomic E-state index is -0.997. The van der Waals surface area contributed by atoms with Crippen molar-refractivity contribution >= 4 is 45.1 Å². The van der Waals surface area contributed by atoms with E-state index in [-0.39, 0.29) is 11.3 Å². The van der Waals surface area contributed by atoms with Gasteiger partial charge in [0.2, 0.25) is 0 Å². The van der Waals surface area contributed by atoms with Gasteiger partial charge in [0.1, 0.15) is 0 Å². The Balaban J connectivity index is 1.94. The Hall–Kier alpha value is -4.06. The molecule has 0 radical (unpaired) electrons. The van der Waals surface area contributed by atoms with E-state index in [2.05, 4.69) is 4.99 Å². The van der Waals surface area contributed by atoms with E-state index in [9.17, 15) is 20.0 Å². The summed E-state index contributed by atoms with van der Waals surface area (Å²) in [5, 5.41) is 23.7. The van der Waals surface area contributed by atoms with Crippen LogP contribution in [0.1, 0.15) is 15.9 Å². The topological polar surface area (TPSA) is 92.8 Å². The lowest BCUT2D eigenvalue weighted by Crippen LogP contribution is -1.98. The van der Waals surface area contributed by atoms with Gasteiger partial charge >= 0.3 is 5.97 Å². The highest BCUT2D eigenvalue weighted by Crippen LogP contribution is 2.31. The van der Waals surface area contributed by atoms with E-state index >= 15 is 0 Å². The first-order valence-corrected chi connectivity index (χ1v) is 8.51. The molecule has 0 unspecified atom stereocenters. The number of fused-ring (bicyclic) bond motifs is 3. The number of hydrogen-bond donors (Lipinski definition) is 1. The summed E-state index contributed by atoms with van der Waals surface area (Å²) in [6.07, 6.45) is 1.61. The van der Waals surface area contributed by atoms with Crippen LogP contribution in [0, 0.1) is 10.1 Å². The molecule has 0 saturated heterocycles. The summed E-state index contributed by atoms with van der Waals surface area (Å²) in [4.78, 5) is 26.6. The van der Waals surface area contributed by atoms with Gasteiger partial charge in [-0.3, -0.25) is 15.1 Å². The molecule has 0 aromatic heterocycles. The molecule has 6 nitrogen and oxygen atoms in total. The van der Waals surface area contributed by atoms with Gasteiger partial charge < -0.3 is 5.11 Å². The van der Waals surface area contributed by atoms with Crippen molar-refractivity contribution in [2.45, 2.75) is 0 Å². The van der Waals surface area contributed by atoms with Gasteiger partial charge in [-0.15, -0.1) is 0 Å². The number of nitrogens with zero attached hydrogens (tertiary/aromatic N) is 2. The number of hydrogen-bond acceptors (Lipinski definition) is 4. The van der Waals surface area contributed by atoms with Crippen LogP contribution in [0.4, 0.5) is 11.4 Å². The van der Waals surface area contributed by atoms with Crippen molar-refractivity contribution in [3.05, 3.63) is 94.0 Å². The Kier molecular flexibility index (Phi) is 4.29. The van der Waals surface area contributed by atoms with Crippen LogP contribution in [0.25, 0.3) is 21.5 Å². The van der Waals surface area contributed by atoms with Crippen LogP contribution < -0.4 is 0 Å². The van der Waals surface area contributed by atoms with Crippen LogP contribution in [0.15, 0.2) is 77.8 Å². The molecule has 0 aliphatic heterocycles. The summed E-state index contributed by atoms with van der Waals surface area (Å²) in [7, 11) is 0. The second-order valence-electron chi connectivity index (χ2n) is 6.25. The van der Waals surface area contributed by atoms with E-state index in [0.29, 0.717) is 11.1 Å². The van der Waals surface area contributed by atoms with Crippen molar-refractivity contribution in [1.82, 2.24) is 0 Å². The standard InChI is InChI=1S/C22H14N2O4/c25-22(26)19-9-2-5-15-11-10-14-4-1-6-16(20(14)21(15)19)13-23-17-7-3-8-18(12-17)24(27)28/h1-13H,(H,25,26). The molecule has 0 atom stereocenters. The molecule has 0 heterocycles. The average molecular weight is 370 g/mol.